The maximum Gasteiger partial charge on any atom is 0.245 e. The number of aryl methyl sites for hydroxylation is 1. The molecule has 1 N–H and O–H groups in total. The monoisotopic (exact) mass is 299 g/mol. The molecule has 5 nitrogen and oxygen atoms in total. The van der Waals surface area contributed by atoms with Gasteiger partial charge in [0.05, 0.1) is 12.5 Å². The van der Waals surface area contributed by atoms with Gasteiger partial charge in [0.2, 0.25) is 11.8 Å². The van der Waals surface area contributed by atoms with E-state index in [-0.39, 0.29) is 18.2 Å². The van der Waals surface area contributed by atoms with E-state index in [1.54, 1.807) is 11.8 Å². The van der Waals surface area contributed by atoms with Gasteiger partial charge < -0.3 is 10.2 Å². The summed E-state index contributed by atoms with van der Waals surface area (Å²) in [4.78, 5) is 26.2. The molecule has 2 amide bonds. The fraction of sp³-hybridized carbons (Fsp3) is 0.471. The van der Waals surface area contributed by atoms with Crippen molar-refractivity contribution in [1.82, 2.24) is 10.2 Å². The third-order valence-electron chi connectivity index (χ3n) is 4.20. The van der Waals surface area contributed by atoms with Gasteiger partial charge in [-0.25, -0.2) is 0 Å². The van der Waals surface area contributed by atoms with Gasteiger partial charge in [0.25, 0.3) is 0 Å². The minimum atomic E-state index is -0.761. The zero-order valence-electron chi connectivity index (χ0n) is 12.8. The summed E-state index contributed by atoms with van der Waals surface area (Å²) in [5, 5.41) is 11.2. The average molecular weight is 299 g/mol. The van der Waals surface area contributed by atoms with Crippen LogP contribution in [0, 0.1) is 11.3 Å². The number of hydrogen-bond donors (Lipinski definition) is 1. The van der Waals surface area contributed by atoms with E-state index in [0.717, 1.165) is 5.56 Å². The Morgan fingerprint density at radius 2 is 2.09 bits per heavy atom. The number of amides is 2. The predicted molar refractivity (Wildman–Crippen MR) is 82.7 cm³/mol. The first-order valence-corrected chi connectivity index (χ1v) is 7.57. The van der Waals surface area contributed by atoms with E-state index in [1.165, 1.54) is 0 Å². The summed E-state index contributed by atoms with van der Waals surface area (Å²) in [5.41, 5.74) is 0.361. The summed E-state index contributed by atoms with van der Waals surface area (Å²) in [6.07, 6.45) is 2.04. The van der Waals surface area contributed by atoms with Gasteiger partial charge in [-0.15, -0.1) is 0 Å². The highest BCUT2D eigenvalue weighted by Crippen LogP contribution is 2.31. The van der Waals surface area contributed by atoms with Crippen LogP contribution in [0.25, 0.3) is 0 Å². The molecule has 1 unspecified atom stereocenters. The molecule has 1 aromatic rings. The van der Waals surface area contributed by atoms with Crippen LogP contribution >= 0.6 is 0 Å². The lowest BCUT2D eigenvalue weighted by atomic mass is 9.85. The highest BCUT2D eigenvalue weighted by molar-refractivity contribution is 5.92. The molecule has 5 heteroatoms. The number of rotatable bonds is 6. The second kappa shape index (κ2) is 7.08. The number of likely N-dealkylation sites (tertiary alicyclic amines) is 1. The first-order valence-electron chi connectivity index (χ1n) is 7.57. The third-order valence-corrected chi connectivity index (χ3v) is 4.20. The van der Waals surface area contributed by atoms with E-state index in [9.17, 15) is 9.59 Å². The number of nitrogens with one attached hydrogen (secondary N) is 1. The lowest BCUT2D eigenvalue weighted by molar-refractivity contribution is -0.157. The van der Waals surface area contributed by atoms with E-state index >= 15 is 0 Å². The van der Waals surface area contributed by atoms with Gasteiger partial charge in [0, 0.05) is 19.5 Å². The number of hydrogen-bond acceptors (Lipinski definition) is 3. The van der Waals surface area contributed by atoms with Crippen molar-refractivity contribution in [3.8, 4) is 6.07 Å². The summed E-state index contributed by atoms with van der Waals surface area (Å²) in [6.45, 7) is 2.74. The highest BCUT2D eigenvalue weighted by Gasteiger charge is 2.48. The maximum atomic E-state index is 12.3. The molecule has 1 saturated heterocycles. The number of carbonyl (C=O) groups is 2. The molecule has 22 heavy (non-hydrogen) atoms. The van der Waals surface area contributed by atoms with Crippen LogP contribution in [-0.4, -0.2) is 35.3 Å². The molecule has 0 radical (unpaired) electrons. The second-order valence-corrected chi connectivity index (χ2v) is 5.72. The van der Waals surface area contributed by atoms with Gasteiger partial charge >= 0.3 is 0 Å². The van der Waals surface area contributed by atoms with E-state index in [2.05, 4.69) is 5.32 Å². The van der Waals surface area contributed by atoms with Crippen LogP contribution in [-0.2, 0) is 16.0 Å². The fourth-order valence-corrected chi connectivity index (χ4v) is 2.65. The van der Waals surface area contributed by atoms with Gasteiger partial charge in [0.1, 0.15) is 5.54 Å². The van der Waals surface area contributed by atoms with Crippen molar-refractivity contribution in [3.63, 3.8) is 0 Å². The van der Waals surface area contributed by atoms with E-state index in [0.29, 0.717) is 32.4 Å². The SMILES string of the molecule is CC1(C(=O)NCCC#N)CCN1C(=O)CCc1ccccc1. The van der Waals surface area contributed by atoms with Crippen LogP contribution in [0.15, 0.2) is 30.3 Å². The van der Waals surface area contributed by atoms with E-state index in [4.69, 9.17) is 5.26 Å². The van der Waals surface area contributed by atoms with Gasteiger partial charge in [-0.3, -0.25) is 9.59 Å². The Bertz CT molecular complexity index is 579. The number of nitriles is 1. The highest BCUT2D eigenvalue weighted by atomic mass is 16.2. The van der Waals surface area contributed by atoms with Crippen LogP contribution in [0.1, 0.15) is 31.7 Å². The largest absolute Gasteiger partial charge is 0.353 e. The molecule has 0 aromatic heterocycles. The Balaban J connectivity index is 1.87. The number of nitrogens with zero attached hydrogens (tertiary/aromatic N) is 2. The molecule has 1 heterocycles. The Kier molecular flexibility index (Phi) is 5.16. The molecule has 1 aliphatic rings. The Hall–Kier alpha value is -2.35. The summed E-state index contributed by atoms with van der Waals surface area (Å²) in [5.74, 6) is -0.157. The molecule has 116 valence electrons. The smallest absolute Gasteiger partial charge is 0.245 e. The molecular weight excluding hydrogens is 278 g/mol. The van der Waals surface area contributed by atoms with Crippen molar-refractivity contribution in [2.75, 3.05) is 13.1 Å². The second-order valence-electron chi connectivity index (χ2n) is 5.72. The molecule has 1 atom stereocenters. The molecule has 1 fully saturated rings. The zero-order valence-corrected chi connectivity index (χ0v) is 12.8. The Labute approximate surface area is 130 Å². The molecule has 2 rings (SSSR count). The molecule has 1 aliphatic heterocycles. The van der Waals surface area contributed by atoms with Crippen LogP contribution in [0.2, 0.25) is 0 Å². The first-order chi connectivity index (χ1) is 10.6. The molecular formula is C17H21N3O2. The Morgan fingerprint density at radius 3 is 2.68 bits per heavy atom. The molecule has 0 bridgehead atoms. The summed E-state index contributed by atoms with van der Waals surface area (Å²) >= 11 is 0. The van der Waals surface area contributed by atoms with Crippen molar-refractivity contribution in [1.29, 1.82) is 5.26 Å². The van der Waals surface area contributed by atoms with Gasteiger partial charge in [-0.05, 0) is 25.3 Å². The summed E-state index contributed by atoms with van der Waals surface area (Å²) < 4.78 is 0. The van der Waals surface area contributed by atoms with E-state index in [1.807, 2.05) is 36.4 Å². The van der Waals surface area contributed by atoms with Crippen LogP contribution in [0.3, 0.4) is 0 Å². The minimum absolute atomic E-state index is 0.00744. The van der Waals surface area contributed by atoms with Crippen LogP contribution in [0.5, 0.6) is 0 Å². The van der Waals surface area contributed by atoms with Crippen molar-refractivity contribution in [2.45, 2.75) is 38.1 Å². The van der Waals surface area contributed by atoms with Crippen LogP contribution in [0.4, 0.5) is 0 Å². The van der Waals surface area contributed by atoms with Crippen molar-refractivity contribution < 1.29 is 9.59 Å². The van der Waals surface area contributed by atoms with E-state index < -0.39 is 5.54 Å². The van der Waals surface area contributed by atoms with Gasteiger partial charge in [-0.1, -0.05) is 30.3 Å². The van der Waals surface area contributed by atoms with Crippen molar-refractivity contribution >= 4 is 11.8 Å². The first kappa shape index (κ1) is 16.0. The molecule has 0 spiro atoms. The topological polar surface area (TPSA) is 73.2 Å². The summed E-state index contributed by atoms with van der Waals surface area (Å²) in [7, 11) is 0. The fourth-order valence-electron chi connectivity index (χ4n) is 2.65. The average Bonchev–Trinajstić information content (AvgIpc) is 2.52. The maximum absolute atomic E-state index is 12.3. The van der Waals surface area contributed by atoms with Crippen LogP contribution < -0.4 is 5.32 Å². The lowest BCUT2D eigenvalue weighted by Gasteiger charge is -2.49. The molecule has 0 saturated carbocycles. The molecule has 1 aromatic carbocycles. The quantitative estimate of drug-likeness (QED) is 0.812. The summed E-state index contributed by atoms with van der Waals surface area (Å²) in [6, 6.07) is 11.8. The predicted octanol–water partition coefficient (Wildman–Crippen LogP) is 1.64. The normalized spacial score (nSPS) is 19.9. The zero-order chi connectivity index (χ0) is 16.0. The van der Waals surface area contributed by atoms with Gasteiger partial charge in [0.15, 0.2) is 0 Å². The number of carbonyl (C=O) groups excluding carboxylic acids is 2. The van der Waals surface area contributed by atoms with Gasteiger partial charge in [-0.2, -0.15) is 5.26 Å². The lowest BCUT2D eigenvalue weighted by Crippen LogP contribution is -2.67. The standard InChI is InChI=1S/C17H21N3O2/c1-17(16(22)19-12-5-11-18)10-13-20(17)15(21)9-8-14-6-3-2-4-7-14/h2-4,6-7H,5,8-10,12-13H2,1H3,(H,19,22). The van der Waals surface area contributed by atoms with Crippen molar-refractivity contribution in [2.24, 2.45) is 0 Å². The Morgan fingerprint density at radius 1 is 1.36 bits per heavy atom. The van der Waals surface area contributed by atoms with Crippen molar-refractivity contribution in [3.05, 3.63) is 35.9 Å². The molecule has 0 aliphatic carbocycles. The third kappa shape index (κ3) is 3.45. The number of benzene rings is 1. The minimum Gasteiger partial charge on any atom is -0.353 e.